The number of carbonyl (C=O) groups excluding carboxylic acids is 1. The first kappa shape index (κ1) is 15.2. The molecule has 114 valence electrons. The summed E-state index contributed by atoms with van der Waals surface area (Å²) in [6, 6.07) is 3.13. The Morgan fingerprint density at radius 1 is 1.43 bits per heavy atom. The standard InChI is InChI=1S/C14H18N2O5/c1-2-21-12(17)10-3-4-11(15-9-10)16-14(13(18)19)5-7-20-8-6-14/h3-4,9H,2,5-8H2,1H3,(H,15,16)(H,18,19). The van der Waals surface area contributed by atoms with E-state index in [1.165, 1.54) is 6.20 Å². The van der Waals surface area contributed by atoms with Crippen molar-refractivity contribution in [3.8, 4) is 0 Å². The second-order valence-corrected chi connectivity index (χ2v) is 4.78. The van der Waals surface area contributed by atoms with Crippen molar-refractivity contribution >= 4 is 17.8 Å². The molecule has 1 fully saturated rings. The van der Waals surface area contributed by atoms with Crippen LogP contribution in [0.3, 0.4) is 0 Å². The van der Waals surface area contributed by atoms with Gasteiger partial charge in [0, 0.05) is 32.3 Å². The Labute approximate surface area is 122 Å². The zero-order valence-electron chi connectivity index (χ0n) is 11.8. The maximum absolute atomic E-state index is 11.5. The van der Waals surface area contributed by atoms with Crippen molar-refractivity contribution in [1.29, 1.82) is 0 Å². The van der Waals surface area contributed by atoms with Crippen LogP contribution in [0.2, 0.25) is 0 Å². The van der Waals surface area contributed by atoms with E-state index in [0.717, 1.165) is 0 Å². The van der Waals surface area contributed by atoms with E-state index in [-0.39, 0.29) is 0 Å². The summed E-state index contributed by atoms with van der Waals surface area (Å²) in [7, 11) is 0. The molecule has 2 rings (SSSR count). The molecule has 1 saturated heterocycles. The van der Waals surface area contributed by atoms with Crippen LogP contribution in [0.15, 0.2) is 18.3 Å². The number of carboxylic acid groups (broad SMARTS) is 1. The van der Waals surface area contributed by atoms with Crippen LogP contribution < -0.4 is 5.32 Å². The predicted octanol–water partition coefficient (Wildman–Crippen LogP) is 1.30. The van der Waals surface area contributed by atoms with Gasteiger partial charge < -0.3 is 19.9 Å². The summed E-state index contributed by atoms with van der Waals surface area (Å²) >= 11 is 0. The fourth-order valence-electron chi connectivity index (χ4n) is 2.16. The number of nitrogens with one attached hydrogen (secondary N) is 1. The van der Waals surface area contributed by atoms with Gasteiger partial charge in [0.15, 0.2) is 0 Å². The number of nitrogens with zero attached hydrogens (tertiary/aromatic N) is 1. The summed E-state index contributed by atoms with van der Waals surface area (Å²) in [6.45, 7) is 2.80. The van der Waals surface area contributed by atoms with Gasteiger partial charge in [-0.05, 0) is 19.1 Å². The Morgan fingerprint density at radius 3 is 2.67 bits per heavy atom. The summed E-state index contributed by atoms with van der Waals surface area (Å²) in [4.78, 5) is 27.1. The van der Waals surface area contributed by atoms with Gasteiger partial charge in [-0.2, -0.15) is 0 Å². The van der Waals surface area contributed by atoms with Gasteiger partial charge in [-0.3, -0.25) is 0 Å². The largest absolute Gasteiger partial charge is 0.480 e. The zero-order chi connectivity index (χ0) is 15.3. The van der Waals surface area contributed by atoms with Crippen molar-refractivity contribution in [2.75, 3.05) is 25.1 Å². The lowest BCUT2D eigenvalue weighted by Gasteiger charge is -2.34. The van der Waals surface area contributed by atoms with Gasteiger partial charge in [0.25, 0.3) is 0 Å². The third-order valence-electron chi connectivity index (χ3n) is 3.40. The maximum Gasteiger partial charge on any atom is 0.339 e. The van der Waals surface area contributed by atoms with Gasteiger partial charge in [-0.25, -0.2) is 14.6 Å². The van der Waals surface area contributed by atoms with Gasteiger partial charge in [0.05, 0.1) is 12.2 Å². The maximum atomic E-state index is 11.5. The third-order valence-corrected chi connectivity index (χ3v) is 3.40. The van der Waals surface area contributed by atoms with E-state index >= 15 is 0 Å². The second kappa shape index (κ2) is 6.53. The van der Waals surface area contributed by atoms with Gasteiger partial charge >= 0.3 is 11.9 Å². The summed E-state index contributed by atoms with van der Waals surface area (Å²) in [5.74, 6) is -0.968. The molecule has 1 aromatic rings. The minimum Gasteiger partial charge on any atom is -0.480 e. The van der Waals surface area contributed by atoms with E-state index in [2.05, 4.69) is 10.3 Å². The Morgan fingerprint density at radius 2 is 2.14 bits per heavy atom. The number of rotatable bonds is 5. The van der Waals surface area contributed by atoms with Gasteiger partial charge in [-0.1, -0.05) is 0 Å². The Balaban J connectivity index is 2.11. The van der Waals surface area contributed by atoms with Gasteiger partial charge in [0.2, 0.25) is 0 Å². The summed E-state index contributed by atoms with van der Waals surface area (Å²) < 4.78 is 10.1. The molecule has 2 N–H and O–H groups in total. The molecule has 2 heterocycles. The lowest BCUT2D eigenvalue weighted by molar-refractivity contribution is -0.145. The minimum absolute atomic E-state index is 0.293. The number of aliphatic carboxylic acids is 1. The number of hydrogen-bond donors (Lipinski definition) is 2. The van der Waals surface area contributed by atoms with Crippen molar-refractivity contribution in [3.05, 3.63) is 23.9 Å². The van der Waals surface area contributed by atoms with E-state index in [1.54, 1.807) is 19.1 Å². The fourth-order valence-corrected chi connectivity index (χ4v) is 2.16. The topological polar surface area (TPSA) is 97.8 Å². The van der Waals surface area contributed by atoms with Crippen molar-refractivity contribution in [2.45, 2.75) is 25.3 Å². The first-order valence-corrected chi connectivity index (χ1v) is 6.80. The Hall–Kier alpha value is -2.15. The molecule has 0 radical (unpaired) electrons. The van der Waals surface area contributed by atoms with Crippen LogP contribution in [0.5, 0.6) is 0 Å². The second-order valence-electron chi connectivity index (χ2n) is 4.78. The molecule has 0 aliphatic carbocycles. The number of hydrogen-bond acceptors (Lipinski definition) is 6. The molecule has 1 aliphatic heterocycles. The van der Waals surface area contributed by atoms with Crippen LogP contribution in [-0.2, 0) is 14.3 Å². The molecule has 1 aromatic heterocycles. The highest BCUT2D eigenvalue weighted by atomic mass is 16.5. The van der Waals surface area contributed by atoms with Gasteiger partial charge in [0.1, 0.15) is 11.4 Å². The molecular formula is C14H18N2O5. The first-order valence-electron chi connectivity index (χ1n) is 6.80. The third kappa shape index (κ3) is 3.49. The lowest BCUT2D eigenvalue weighted by Crippen LogP contribution is -2.50. The number of pyridine rings is 1. The minimum atomic E-state index is -1.07. The number of anilines is 1. The molecule has 0 unspecified atom stereocenters. The molecule has 0 atom stereocenters. The highest BCUT2D eigenvalue weighted by Crippen LogP contribution is 2.25. The monoisotopic (exact) mass is 294 g/mol. The molecular weight excluding hydrogens is 276 g/mol. The number of ether oxygens (including phenoxy) is 2. The van der Waals surface area contributed by atoms with Crippen molar-refractivity contribution in [2.24, 2.45) is 0 Å². The van der Waals surface area contributed by atoms with E-state index in [1.807, 2.05) is 0 Å². The Kier molecular flexibility index (Phi) is 4.74. The van der Waals surface area contributed by atoms with Crippen molar-refractivity contribution in [1.82, 2.24) is 4.98 Å². The smallest absolute Gasteiger partial charge is 0.339 e. The molecule has 7 nitrogen and oxygen atoms in total. The molecule has 21 heavy (non-hydrogen) atoms. The predicted molar refractivity (Wildman–Crippen MR) is 74.2 cm³/mol. The van der Waals surface area contributed by atoms with E-state index < -0.39 is 17.5 Å². The van der Waals surface area contributed by atoms with Crippen LogP contribution in [-0.4, -0.2) is 47.4 Å². The summed E-state index contributed by atoms with van der Waals surface area (Å²) in [6.07, 6.45) is 2.10. The SMILES string of the molecule is CCOC(=O)c1ccc(NC2(C(=O)O)CCOCC2)nc1. The lowest BCUT2D eigenvalue weighted by atomic mass is 9.90. The summed E-state index contributed by atoms with van der Waals surface area (Å²) in [5.41, 5.74) is -0.741. The van der Waals surface area contributed by atoms with Crippen LogP contribution >= 0.6 is 0 Å². The van der Waals surface area contributed by atoms with Crippen molar-refractivity contribution in [3.63, 3.8) is 0 Å². The molecule has 1 aliphatic rings. The Bertz CT molecular complexity index is 509. The van der Waals surface area contributed by atoms with Crippen LogP contribution in [0.25, 0.3) is 0 Å². The number of aromatic nitrogens is 1. The van der Waals surface area contributed by atoms with Crippen LogP contribution in [0.1, 0.15) is 30.1 Å². The van der Waals surface area contributed by atoms with E-state index in [0.29, 0.717) is 44.0 Å². The molecule has 7 heteroatoms. The van der Waals surface area contributed by atoms with Gasteiger partial charge in [-0.15, -0.1) is 0 Å². The number of carbonyl (C=O) groups is 2. The normalized spacial score (nSPS) is 17.0. The van der Waals surface area contributed by atoms with Crippen molar-refractivity contribution < 1.29 is 24.2 Å². The average molecular weight is 294 g/mol. The van der Waals surface area contributed by atoms with Crippen LogP contribution in [0.4, 0.5) is 5.82 Å². The fraction of sp³-hybridized carbons (Fsp3) is 0.500. The quantitative estimate of drug-likeness (QED) is 0.790. The zero-order valence-corrected chi connectivity index (χ0v) is 11.8. The summed E-state index contributed by atoms with van der Waals surface area (Å²) in [5, 5.41) is 12.4. The number of esters is 1. The molecule has 0 saturated carbocycles. The number of carboxylic acids is 1. The van der Waals surface area contributed by atoms with E-state index in [4.69, 9.17) is 9.47 Å². The first-order chi connectivity index (χ1) is 10.1. The molecule has 0 amide bonds. The average Bonchev–Trinajstić information content (AvgIpc) is 2.49. The molecule has 0 spiro atoms. The molecule has 0 bridgehead atoms. The highest BCUT2D eigenvalue weighted by molar-refractivity contribution is 5.89. The highest BCUT2D eigenvalue weighted by Gasteiger charge is 2.40. The van der Waals surface area contributed by atoms with E-state index in [9.17, 15) is 14.7 Å². The van der Waals surface area contributed by atoms with Crippen LogP contribution in [0, 0.1) is 0 Å². The molecule has 0 aromatic carbocycles.